The minimum absolute atomic E-state index is 0.0255. The number of nitrogens with zero attached hydrogens (tertiary/aromatic N) is 4. The maximum absolute atomic E-state index is 12.3. The molecule has 1 heterocycles. The van der Waals surface area contributed by atoms with Crippen LogP contribution in [0, 0.1) is 0 Å². The second-order valence-electron chi connectivity index (χ2n) is 15.2. The van der Waals surface area contributed by atoms with E-state index in [0.29, 0.717) is 57.1 Å². The van der Waals surface area contributed by atoms with Crippen molar-refractivity contribution in [3.63, 3.8) is 0 Å². The van der Waals surface area contributed by atoms with E-state index in [9.17, 15) is 44.1 Å². The van der Waals surface area contributed by atoms with Gasteiger partial charge in [0.1, 0.15) is 11.8 Å². The molecule has 2 atom stereocenters. The average molecular weight is 969 g/mol. The van der Waals surface area contributed by atoms with E-state index in [0.717, 1.165) is 56.6 Å². The molecule has 8 N–H and O–H groups in total. The number of carbonyl (C=O) groups excluding carboxylic acids is 8. The van der Waals surface area contributed by atoms with E-state index in [1.165, 1.54) is 0 Å². The lowest BCUT2D eigenvalue weighted by Crippen LogP contribution is -2.51. The molecule has 2 amide bonds. The van der Waals surface area contributed by atoms with Crippen molar-refractivity contribution < 1.29 is 78.0 Å². The van der Waals surface area contributed by atoms with Crippen LogP contribution in [0.25, 0.3) is 0 Å². The van der Waals surface area contributed by atoms with Gasteiger partial charge < -0.3 is 51.5 Å². The second kappa shape index (κ2) is 40.0. The molecule has 1 unspecified atom stereocenters. The molecule has 374 valence electrons. The number of amides is 2. The summed E-state index contributed by atoms with van der Waals surface area (Å²) in [5.41, 5.74) is 1.86. The number of aliphatic carboxylic acids is 4. The van der Waals surface area contributed by atoms with E-state index in [-0.39, 0.29) is 75.6 Å². The quantitative estimate of drug-likeness (QED) is 0.0503. The third-order valence-corrected chi connectivity index (χ3v) is 10.1. The van der Waals surface area contributed by atoms with Gasteiger partial charge >= 0.3 is 48.4 Å². The Morgan fingerprint density at radius 3 is 1.78 bits per heavy atom. The van der Waals surface area contributed by atoms with Crippen LogP contribution in [0.3, 0.4) is 0 Å². The molecule has 1 aliphatic rings. The third-order valence-electron chi connectivity index (χ3n) is 9.87. The third kappa shape index (κ3) is 36.6. The van der Waals surface area contributed by atoms with Gasteiger partial charge in [-0.3, -0.25) is 29.0 Å². The molecule has 1 saturated heterocycles. The van der Waals surface area contributed by atoms with Crippen LogP contribution in [0.15, 0.2) is 24.3 Å². The van der Waals surface area contributed by atoms with Crippen molar-refractivity contribution in [2.24, 2.45) is 0 Å². The van der Waals surface area contributed by atoms with Crippen LogP contribution in [0.4, 0.5) is 10.5 Å². The molecule has 24 nitrogen and oxygen atoms in total. The summed E-state index contributed by atoms with van der Waals surface area (Å²) in [5.74, 6) is -4.13. The van der Waals surface area contributed by atoms with Crippen LogP contribution in [-0.4, -0.2) is 197 Å². The van der Waals surface area contributed by atoms with E-state index in [2.05, 4.69) is 31.1 Å². The zero-order valence-corrected chi connectivity index (χ0v) is 38.7. The largest absolute Gasteiger partial charge is 0.481 e. The fraction of sp³-hybridized carbons (Fsp3) is 0.619. The van der Waals surface area contributed by atoms with E-state index >= 15 is 0 Å². The Morgan fingerprint density at radius 2 is 1.19 bits per heavy atom. The Morgan fingerprint density at radius 1 is 0.657 bits per heavy atom. The minimum Gasteiger partial charge on any atom is -0.481 e. The van der Waals surface area contributed by atoms with Gasteiger partial charge in [-0.05, 0) is 76.1 Å². The molecular formula is C42H64N8O16S. The number of unbranched alkanes of at least 4 members (excludes halogenated alkanes) is 4. The number of hydrogen-bond acceptors (Lipinski definition) is 17. The fourth-order valence-corrected chi connectivity index (χ4v) is 6.73. The van der Waals surface area contributed by atoms with Gasteiger partial charge in [0.15, 0.2) is 5.11 Å². The number of anilines is 1. The Bertz CT molecular complexity index is 1730. The van der Waals surface area contributed by atoms with Crippen molar-refractivity contribution in [2.45, 2.75) is 82.7 Å². The van der Waals surface area contributed by atoms with Gasteiger partial charge in [0.25, 0.3) is 0 Å². The first-order valence-corrected chi connectivity index (χ1v) is 21.7. The SMILES string of the molecule is CN1CCN(C)CC(Cc2ccc(NC(=S)NCCCCCCCC(=O)CC[C@H](NC(=O)NCCCC(=O)O)C(=O)O)cc2)N(CC(=O)O)CCN(CC(=O)O)CC1.O=C=O.O=C=O.O=C=O. The van der Waals surface area contributed by atoms with Crippen molar-refractivity contribution in [1.29, 1.82) is 0 Å². The first kappa shape index (κ1) is 62.8. The number of carboxylic acid groups (broad SMARTS) is 4. The number of hydrogen-bond donors (Lipinski definition) is 8. The van der Waals surface area contributed by atoms with Crippen LogP contribution in [0.5, 0.6) is 0 Å². The summed E-state index contributed by atoms with van der Waals surface area (Å²) >= 11 is 5.49. The molecule has 2 rings (SSSR count). The highest BCUT2D eigenvalue weighted by Gasteiger charge is 2.25. The molecule has 0 saturated carbocycles. The summed E-state index contributed by atoms with van der Waals surface area (Å²) < 4.78 is 0. The average Bonchev–Trinajstić information content (AvgIpc) is 3.25. The number of carbonyl (C=O) groups is 6. The van der Waals surface area contributed by atoms with Gasteiger partial charge in [-0.25, -0.2) is 9.59 Å². The Hall–Kier alpha value is -6.29. The van der Waals surface area contributed by atoms with Gasteiger partial charge in [-0.1, -0.05) is 31.4 Å². The predicted octanol–water partition coefficient (Wildman–Crippen LogP) is 0.0911. The lowest BCUT2D eigenvalue weighted by Gasteiger charge is -2.36. The summed E-state index contributed by atoms with van der Waals surface area (Å²) in [5, 5.41) is 48.9. The molecule has 1 aromatic rings. The molecule has 1 fully saturated rings. The molecule has 0 aliphatic carbocycles. The summed E-state index contributed by atoms with van der Waals surface area (Å²) in [4.78, 5) is 127. The first-order chi connectivity index (χ1) is 31.8. The predicted molar refractivity (Wildman–Crippen MR) is 238 cm³/mol. The monoisotopic (exact) mass is 968 g/mol. The fourth-order valence-electron chi connectivity index (χ4n) is 6.51. The van der Waals surface area contributed by atoms with Gasteiger partial charge in [0.2, 0.25) is 0 Å². The summed E-state index contributed by atoms with van der Waals surface area (Å²) in [6.07, 6.45) is 6.11. The standard InChI is InChI=1S/C39H64N8O10S.3CO2/c1-44-19-20-45(2)26-31(47(28-36(53)54)24-23-46(22-21-44)27-35(51)52)25-29-11-13-30(14-12-29)42-39(58)41-17-7-5-3-4-6-9-32(48)15-16-33(37(55)56)43-38(57)40-18-8-10-34(49)50;3*2-1-3/h11-14,31,33H,3-10,15-28H2,1-2H3,(H,49,50)(H,51,52)(H,53,54)(H,55,56)(H2,40,43,57)(H2,41,42,58);;;/t31?,33-;;;/m0.../s1. The molecule has 25 heteroatoms. The van der Waals surface area contributed by atoms with Gasteiger partial charge in [0.05, 0.1) is 13.1 Å². The zero-order chi connectivity index (χ0) is 51.0. The van der Waals surface area contributed by atoms with E-state index in [1.807, 2.05) is 48.2 Å². The Kier molecular flexibility index (Phi) is 37.5. The van der Waals surface area contributed by atoms with Crippen LogP contribution in [-0.2, 0) is 59.2 Å². The Balaban J connectivity index is 0. The topological polar surface area (TPSA) is 347 Å². The van der Waals surface area contributed by atoms with Crippen molar-refractivity contribution in [1.82, 2.24) is 35.6 Å². The smallest absolute Gasteiger partial charge is 0.373 e. The second-order valence-corrected chi connectivity index (χ2v) is 15.6. The number of ketones is 1. The highest BCUT2D eigenvalue weighted by molar-refractivity contribution is 7.80. The molecule has 0 radical (unpaired) electrons. The van der Waals surface area contributed by atoms with E-state index in [4.69, 9.17) is 46.1 Å². The highest BCUT2D eigenvalue weighted by atomic mass is 32.1. The number of likely N-dealkylation sites (N-methyl/N-ethyl adjacent to an activating group) is 2. The molecule has 0 aromatic heterocycles. The number of carboxylic acids is 4. The normalized spacial score (nSPS) is 15.0. The lowest BCUT2D eigenvalue weighted by atomic mass is 10.0. The van der Waals surface area contributed by atoms with E-state index in [1.54, 1.807) is 0 Å². The number of urea groups is 1. The molecule has 1 aromatic carbocycles. The maximum Gasteiger partial charge on any atom is 0.373 e. The number of nitrogens with one attached hydrogen (secondary N) is 4. The lowest BCUT2D eigenvalue weighted by molar-refractivity contribution is -0.193. The van der Waals surface area contributed by atoms with Crippen LogP contribution < -0.4 is 21.3 Å². The molecule has 0 bridgehead atoms. The van der Waals surface area contributed by atoms with E-state index < -0.39 is 36.0 Å². The van der Waals surface area contributed by atoms with Crippen molar-refractivity contribution >= 4 is 77.2 Å². The summed E-state index contributed by atoms with van der Waals surface area (Å²) in [7, 11) is 4.07. The maximum atomic E-state index is 12.3. The molecule has 0 spiro atoms. The number of rotatable bonds is 24. The number of Topliss-reactive ketones (excluding diaryl/α,β-unsaturated/α-hetero) is 1. The summed E-state index contributed by atoms with van der Waals surface area (Å²) in [6, 6.07) is 5.85. The first-order valence-electron chi connectivity index (χ1n) is 21.2. The summed E-state index contributed by atoms with van der Waals surface area (Å²) in [6.45, 7) is 4.99. The zero-order valence-electron chi connectivity index (χ0n) is 37.9. The highest BCUT2D eigenvalue weighted by Crippen LogP contribution is 2.16. The van der Waals surface area contributed by atoms with Crippen molar-refractivity contribution in [3.8, 4) is 0 Å². The van der Waals surface area contributed by atoms with Crippen LogP contribution in [0.1, 0.15) is 69.8 Å². The Labute approximate surface area is 393 Å². The van der Waals surface area contributed by atoms with Crippen molar-refractivity contribution in [3.05, 3.63) is 29.8 Å². The van der Waals surface area contributed by atoms with Gasteiger partial charge in [-0.2, -0.15) is 28.8 Å². The van der Waals surface area contributed by atoms with Crippen molar-refractivity contribution in [2.75, 3.05) is 91.4 Å². The van der Waals surface area contributed by atoms with Gasteiger partial charge in [0, 0.05) is 89.9 Å². The number of benzene rings is 1. The van der Waals surface area contributed by atoms with Gasteiger partial charge in [-0.15, -0.1) is 0 Å². The minimum atomic E-state index is -1.24. The molecule has 1 aliphatic heterocycles. The van der Waals surface area contributed by atoms with Crippen LogP contribution >= 0.6 is 12.2 Å². The molecule has 67 heavy (non-hydrogen) atoms. The number of thiocarbonyl (C=S) groups is 1. The van der Waals surface area contributed by atoms with Crippen LogP contribution in [0.2, 0.25) is 0 Å². The molecular weight excluding hydrogens is 905 g/mol.